The zero-order chi connectivity index (χ0) is 27.7. The van der Waals surface area contributed by atoms with Gasteiger partial charge in [-0.25, -0.2) is 4.98 Å². The number of anilines is 1. The number of piperazine rings is 1. The van der Waals surface area contributed by atoms with Crippen LogP contribution in [0.3, 0.4) is 0 Å². The maximum absolute atomic E-state index is 13.9. The number of fused-ring (bicyclic) bond motifs is 1. The van der Waals surface area contributed by atoms with E-state index in [9.17, 15) is 14.9 Å². The summed E-state index contributed by atoms with van der Waals surface area (Å²) in [6.07, 6.45) is 0. The summed E-state index contributed by atoms with van der Waals surface area (Å²) < 4.78 is 12.4. The summed E-state index contributed by atoms with van der Waals surface area (Å²) in [6.45, 7) is 7.99. The number of nitrogens with zero attached hydrogens (tertiary/aromatic N) is 5. The predicted octanol–water partition coefficient (Wildman–Crippen LogP) is 4.25. The molecule has 4 aromatic rings. The van der Waals surface area contributed by atoms with Crippen molar-refractivity contribution in [2.75, 3.05) is 45.3 Å². The van der Waals surface area contributed by atoms with Crippen molar-refractivity contribution < 1.29 is 14.4 Å². The Morgan fingerprint density at radius 2 is 1.72 bits per heavy atom. The van der Waals surface area contributed by atoms with E-state index >= 15 is 0 Å². The number of nitro benzene ring substituents is 1. The van der Waals surface area contributed by atoms with Gasteiger partial charge in [0.05, 0.1) is 42.3 Å². The first-order valence-electron chi connectivity index (χ1n) is 12.8. The van der Waals surface area contributed by atoms with Crippen LogP contribution in [-0.2, 0) is 6.54 Å². The molecule has 0 spiro atoms. The number of nitro groups is 1. The Bertz CT molecular complexity index is 1610. The first-order chi connectivity index (χ1) is 18.8. The molecule has 39 heavy (non-hydrogen) atoms. The van der Waals surface area contributed by atoms with E-state index in [1.54, 1.807) is 25.3 Å². The second-order valence-corrected chi connectivity index (χ2v) is 9.65. The highest BCUT2D eigenvalue weighted by Gasteiger charge is 2.23. The van der Waals surface area contributed by atoms with Gasteiger partial charge in [0.25, 0.3) is 11.2 Å². The molecule has 0 unspecified atom stereocenters. The Morgan fingerprint density at radius 3 is 2.41 bits per heavy atom. The maximum atomic E-state index is 13.9. The number of non-ortho nitro benzene ring substituents is 1. The van der Waals surface area contributed by atoms with Crippen LogP contribution in [-0.4, -0.2) is 59.8 Å². The molecule has 0 aliphatic carbocycles. The van der Waals surface area contributed by atoms with Crippen LogP contribution in [0.25, 0.3) is 16.6 Å². The number of hydrogen-bond donors (Lipinski definition) is 0. The third kappa shape index (κ3) is 5.03. The molecule has 202 valence electrons. The topological polar surface area (TPSA) is 103 Å². The molecule has 1 saturated heterocycles. The van der Waals surface area contributed by atoms with E-state index in [4.69, 9.17) is 14.5 Å². The largest absolute Gasteiger partial charge is 0.497 e. The Morgan fingerprint density at radius 1 is 0.949 bits per heavy atom. The zero-order valence-electron chi connectivity index (χ0n) is 22.5. The number of hydrogen-bond acceptors (Lipinski definition) is 8. The fraction of sp³-hybridized carbons (Fsp3) is 0.310. The summed E-state index contributed by atoms with van der Waals surface area (Å²) >= 11 is 0. The first kappa shape index (κ1) is 26.2. The van der Waals surface area contributed by atoms with Crippen LogP contribution in [0.2, 0.25) is 0 Å². The van der Waals surface area contributed by atoms with Gasteiger partial charge in [-0.2, -0.15) is 0 Å². The van der Waals surface area contributed by atoms with Gasteiger partial charge in [-0.1, -0.05) is 12.1 Å². The summed E-state index contributed by atoms with van der Waals surface area (Å²) in [4.78, 5) is 34.3. The first-order valence-corrected chi connectivity index (χ1v) is 12.8. The van der Waals surface area contributed by atoms with E-state index in [-0.39, 0.29) is 11.1 Å². The van der Waals surface area contributed by atoms with Crippen LogP contribution in [0.1, 0.15) is 17.0 Å². The molecule has 0 atom stereocenters. The molecule has 3 aromatic carbocycles. The fourth-order valence-corrected chi connectivity index (χ4v) is 5.08. The Hall–Kier alpha value is -4.44. The molecule has 5 rings (SSSR count). The van der Waals surface area contributed by atoms with Crippen LogP contribution in [0.4, 0.5) is 11.4 Å². The monoisotopic (exact) mass is 529 g/mol. The van der Waals surface area contributed by atoms with Gasteiger partial charge in [0.15, 0.2) is 0 Å². The third-order valence-corrected chi connectivity index (χ3v) is 7.41. The molecule has 0 saturated carbocycles. The van der Waals surface area contributed by atoms with Crippen LogP contribution in [0.5, 0.6) is 11.5 Å². The van der Waals surface area contributed by atoms with Gasteiger partial charge in [0.1, 0.15) is 17.3 Å². The van der Waals surface area contributed by atoms with Gasteiger partial charge in [0.2, 0.25) is 0 Å². The summed E-state index contributed by atoms with van der Waals surface area (Å²) in [6, 6.07) is 15.8. The number of benzene rings is 3. The SMILES string of the molecule is COc1ccc(-n2c(CN3CCN(c4cccc(C)c4C)CC3)nc3ccc([N+](=O)[O-])cc3c2=O)c(OC)c1. The van der Waals surface area contributed by atoms with Gasteiger partial charge >= 0.3 is 0 Å². The van der Waals surface area contributed by atoms with Crippen LogP contribution in [0, 0.1) is 24.0 Å². The number of methoxy groups -OCH3 is 2. The minimum atomic E-state index is -0.513. The number of aromatic nitrogens is 2. The molecule has 10 nitrogen and oxygen atoms in total. The fourth-order valence-electron chi connectivity index (χ4n) is 5.08. The predicted molar refractivity (Wildman–Crippen MR) is 151 cm³/mol. The van der Waals surface area contributed by atoms with Crippen LogP contribution < -0.4 is 19.9 Å². The van der Waals surface area contributed by atoms with Crippen molar-refractivity contribution in [3.05, 3.63) is 92.0 Å². The van der Waals surface area contributed by atoms with Crippen molar-refractivity contribution in [1.29, 1.82) is 0 Å². The quantitative estimate of drug-likeness (QED) is 0.259. The summed E-state index contributed by atoms with van der Waals surface area (Å²) in [7, 11) is 3.08. The molecule has 1 aliphatic heterocycles. The molecule has 0 bridgehead atoms. The Balaban J connectivity index is 1.54. The minimum absolute atomic E-state index is 0.162. The van der Waals surface area contributed by atoms with E-state index < -0.39 is 10.5 Å². The van der Waals surface area contributed by atoms with Crippen molar-refractivity contribution in [3.8, 4) is 17.2 Å². The summed E-state index contributed by atoms with van der Waals surface area (Å²) in [5.74, 6) is 1.55. The second kappa shape index (κ2) is 10.7. The number of aryl methyl sites for hydroxylation is 1. The lowest BCUT2D eigenvalue weighted by molar-refractivity contribution is -0.384. The van der Waals surface area contributed by atoms with E-state index in [1.807, 2.05) is 0 Å². The van der Waals surface area contributed by atoms with E-state index in [2.05, 4.69) is 41.8 Å². The summed E-state index contributed by atoms with van der Waals surface area (Å²) in [5.41, 5.74) is 4.16. The highest BCUT2D eigenvalue weighted by atomic mass is 16.6. The molecule has 1 aliphatic rings. The molecule has 1 fully saturated rings. The molecule has 10 heteroatoms. The third-order valence-electron chi connectivity index (χ3n) is 7.41. The van der Waals surface area contributed by atoms with Gasteiger partial charge in [-0.15, -0.1) is 0 Å². The van der Waals surface area contributed by atoms with Crippen molar-refractivity contribution in [2.45, 2.75) is 20.4 Å². The van der Waals surface area contributed by atoms with Gasteiger partial charge in [-0.3, -0.25) is 24.4 Å². The van der Waals surface area contributed by atoms with E-state index in [1.165, 1.54) is 46.7 Å². The Kier molecular flexibility index (Phi) is 7.21. The van der Waals surface area contributed by atoms with E-state index in [0.717, 1.165) is 26.2 Å². The van der Waals surface area contributed by atoms with Gasteiger partial charge < -0.3 is 14.4 Å². The minimum Gasteiger partial charge on any atom is -0.497 e. The van der Waals surface area contributed by atoms with Crippen LogP contribution in [0.15, 0.2) is 59.4 Å². The lowest BCUT2D eigenvalue weighted by atomic mass is 10.1. The van der Waals surface area contributed by atoms with Crippen molar-refractivity contribution in [2.24, 2.45) is 0 Å². The Labute approximate surface area is 226 Å². The van der Waals surface area contributed by atoms with Crippen LogP contribution >= 0.6 is 0 Å². The lowest BCUT2D eigenvalue weighted by Crippen LogP contribution is -2.47. The summed E-state index contributed by atoms with van der Waals surface area (Å²) in [5, 5.41) is 11.6. The average molecular weight is 530 g/mol. The molecular formula is C29H31N5O5. The van der Waals surface area contributed by atoms with Gasteiger partial charge in [0, 0.05) is 50.1 Å². The molecule has 0 amide bonds. The average Bonchev–Trinajstić information content (AvgIpc) is 2.95. The van der Waals surface area contributed by atoms with Crippen molar-refractivity contribution >= 4 is 22.3 Å². The highest BCUT2D eigenvalue weighted by molar-refractivity contribution is 5.80. The lowest BCUT2D eigenvalue weighted by Gasteiger charge is -2.37. The van der Waals surface area contributed by atoms with Gasteiger partial charge in [-0.05, 0) is 49.2 Å². The second-order valence-electron chi connectivity index (χ2n) is 9.65. The van der Waals surface area contributed by atoms with Crippen molar-refractivity contribution in [3.63, 3.8) is 0 Å². The normalized spacial score (nSPS) is 14.0. The smallest absolute Gasteiger partial charge is 0.270 e. The number of ether oxygens (including phenoxy) is 2. The standard InChI is InChI=1S/C29H31N5O5/c1-19-6-5-7-25(20(19)2)32-14-12-31(13-15-32)18-28-30-24-10-8-21(34(36)37)16-23(24)29(35)33(28)26-11-9-22(38-3)17-27(26)39-4/h5-11,16-17H,12-15,18H2,1-4H3. The molecule has 0 N–H and O–H groups in total. The van der Waals surface area contributed by atoms with E-state index in [0.29, 0.717) is 35.1 Å². The maximum Gasteiger partial charge on any atom is 0.270 e. The highest BCUT2D eigenvalue weighted by Crippen LogP contribution is 2.29. The molecular weight excluding hydrogens is 498 g/mol. The van der Waals surface area contributed by atoms with Crippen molar-refractivity contribution in [1.82, 2.24) is 14.5 Å². The zero-order valence-corrected chi connectivity index (χ0v) is 22.5. The molecule has 1 aromatic heterocycles. The molecule has 2 heterocycles. The number of rotatable bonds is 7. The molecule has 0 radical (unpaired) electrons.